The number of aliphatic hydroxyl groups excluding tert-OH is 1. The molecule has 5 heteroatoms. The van der Waals surface area contributed by atoms with E-state index in [2.05, 4.69) is 4.90 Å². The van der Waals surface area contributed by atoms with Gasteiger partial charge in [0.15, 0.2) is 6.29 Å². The first-order valence-electron chi connectivity index (χ1n) is 7.70. The van der Waals surface area contributed by atoms with Crippen LogP contribution in [0.5, 0.6) is 5.75 Å². The fraction of sp³-hybridized carbons (Fsp3) is 0.588. The van der Waals surface area contributed by atoms with Crippen LogP contribution in [0.1, 0.15) is 34.7 Å². The number of β-amino-alcohol motifs (C(OH)–C–C–N with tert-alkyl or cyclic N) is 1. The molecular weight excluding hydrogens is 282 g/mol. The molecule has 0 aromatic heterocycles. The summed E-state index contributed by atoms with van der Waals surface area (Å²) in [6.45, 7) is 2.96. The van der Waals surface area contributed by atoms with E-state index in [9.17, 15) is 9.90 Å². The number of ether oxygens (including phenoxy) is 2. The number of carbonyl (C=O) groups excluding carboxylic acids is 1. The first-order chi connectivity index (χ1) is 10.7. The van der Waals surface area contributed by atoms with E-state index < -0.39 is 6.10 Å². The molecule has 1 fully saturated rings. The molecule has 0 saturated carbocycles. The van der Waals surface area contributed by atoms with Crippen molar-refractivity contribution >= 4 is 6.29 Å². The highest BCUT2D eigenvalue weighted by Gasteiger charge is 2.22. The maximum Gasteiger partial charge on any atom is 0.153 e. The molecule has 1 aliphatic rings. The van der Waals surface area contributed by atoms with E-state index in [4.69, 9.17) is 9.47 Å². The third kappa shape index (κ3) is 4.29. The van der Waals surface area contributed by atoms with Crippen molar-refractivity contribution in [1.29, 1.82) is 0 Å². The number of aliphatic hydroxyl groups is 1. The molecule has 0 spiro atoms. The minimum Gasteiger partial charge on any atom is -0.496 e. The van der Waals surface area contributed by atoms with Crippen molar-refractivity contribution in [2.24, 2.45) is 0 Å². The summed E-state index contributed by atoms with van der Waals surface area (Å²) in [7, 11) is 3.19. The SMILES string of the molecule is COC[C@H](O)CN1CCC(c2ccc(C=O)c(OC)c2)CC1. The van der Waals surface area contributed by atoms with Gasteiger partial charge in [-0.15, -0.1) is 0 Å². The standard InChI is InChI=1S/C17H25NO4/c1-21-12-16(20)10-18-7-5-13(6-8-18)14-3-4-15(11-19)17(9-14)22-2/h3-4,9,11,13,16,20H,5-8,10,12H2,1-2H3/t16-/m1/s1. The molecule has 2 rings (SSSR count). The summed E-state index contributed by atoms with van der Waals surface area (Å²) in [5.74, 6) is 1.12. The van der Waals surface area contributed by atoms with Crippen molar-refractivity contribution in [1.82, 2.24) is 4.90 Å². The minimum absolute atomic E-state index is 0.379. The highest BCUT2D eigenvalue weighted by atomic mass is 16.5. The van der Waals surface area contributed by atoms with Crippen LogP contribution < -0.4 is 4.74 Å². The van der Waals surface area contributed by atoms with Gasteiger partial charge in [-0.05, 0) is 49.5 Å². The number of nitrogens with zero attached hydrogens (tertiary/aromatic N) is 1. The van der Waals surface area contributed by atoms with Crippen LogP contribution in [0, 0.1) is 0 Å². The van der Waals surface area contributed by atoms with E-state index in [-0.39, 0.29) is 0 Å². The molecule has 1 heterocycles. The van der Waals surface area contributed by atoms with E-state index in [1.807, 2.05) is 18.2 Å². The van der Waals surface area contributed by atoms with Crippen LogP contribution in [-0.4, -0.2) is 62.9 Å². The highest BCUT2D eigenvalue weighted by molar-refractivity contribution is 5.79. The van der Waals surface area contributed by atoms with Gasteiger partial charge >= 0.3 is 0 Å². The van der Waals surface area contributed by atoms with Gasteiger partial charge < -0.3 is 19.5 Å². The molecule has 0 aliphatic carbocycles. The molecule has 1 N–H and O–H groups in total. The maximum absolute atomic E-state index is 11.0. The summed E-state index contributed by atoms with van der Waals surface area (Å²) in [5, 5.41) is 9.79. The Bertz CT molecular complexity index is 484. The summed E-state index contributed by atoms with van der Waals surface area (Å²) in [4.78, 5) is 13.2. The van der Waals surface area contributed by atoms with E-state index in [0.29, 0.717) is 30.4 Å². The summed E-state index contributed by atoms with van der Waals surface area (Å²) < 4.78 is 10.2. The lowest BCUT2D eigenvalue weighted by molar-refractivity contribution is 0.0320. The Hall–Kier alpha value is -1.43. The van der Waals surface area contributed by atoms with Gasteiger partial charge in [-0.3, -0.25) is 4.79 Å². The number of piperidine rings is 1. The van der Waals surface area contributed by atoms with E-state index >= 15 is 0 Å². The van der Waals surface area contributed by atoms with Gasteiger partial charge in [0.05, 0.1) is 25.4 Å². The molecule has 1 aromatic carbocycles. The van der Waals surface area contributed by atoms with Crippen molar-refractivity contribution in [2.75, 3.05) is 40.5 Å². The predicted molar refractivity (Wildman–Crippen MR) is 84.7 cm³/mol. The van der Waals surface area contributed by atoms with E-state index in [1.54, 1.807) is 14.2 Å². The van der Waals surface area contributed by atoms with Gasteiger partial charge in [-0.25, -0.2) is 0 Å². The van der Waals surface area contributed by atoms with Gasteiger partial charge in [-0.2, -0.15) is 0 Å². The largest absolute Gasteiger partial charge is 0.496 e. The first kappa shape index (κ1) is 16.9. The summed E-state index contributed by atoms with van der Waals surface area (Å²) in [6, 6.07) is 5.83. The number of hydrogen-bond acceptors (Lipinski definition) is 5. The molecule has 122 valence electrons. The van der Waals surface area contributed by atoms with Crippen LogP contribution in [0.4, 0.5) is 0 Å². The normalized spacial score (nSPS) is 18.1. The average molecular weight is 307 g/mol. The molecule has 0 radical (unpaired) electrons. The van der Waals surface area contributed by atoms with Crippen LogP contribution in [-0.2, 0) is 4.74 Å². The molecule has 1 aromatic rings. The molecule has 0 amide bonds. The number of carbonyl (C=O) groups is 1. The molecule has 1 atom stereocenters. The fourth-order valence-corrected chi connectivity index (χ4v) is 3.07. The Labute approximate surface area is 131 Å². The van der Waals surface area contributed by atoms with E-state index in [0.717, 1.165) is 32.2 Å². The van der Waals surface area contributed by atoms with Gasteiger partial charge in [0.2, 0.25) is 0 Å². The van der Waals surface area contributed by atoms with Crippen molar-refractivity contribution in [3.63, 3.8) is 0 Å². The highest BCUT2D eigenvalue weighted by Crippen LogP contribution is 2.31. The Balaban J connectivity index is 1.92. The second-order valence-corrected chi connectivity index (χ2v) is 5.80. The van der Waals surface area contributed by atoms with Crippen LogP contribution in [0.15, 0.2) is 18.2 Å². The quantitative estimate of drug-likeness (QED) is 0.777. The number of methoxy groups -OCH3 is 2. The fourth-order valence-electron chi connectivity index (χ4n) is 3.07. The molecule has 22 heavy (non-hydrogen) atoms. The van der Waals surface area contributed by atoms with Gasteiger partial charge in [0.25, 0.3) is 0 Å². The number of hydrogen-bond donors (Lipinski definition) is 1. The number of likely N-dealkylation sites (tertiary alicyclic amines) is 1. The lowest BCUT2D eigenvalue weighted by Crippen LogP contribution is -2.39. The van der Waals surface area contributed by atoms with Gasteiger partial charge in [0, 0.05) is 13.7 Å². The topological polar surface area (TPSA) is 59.0 Å². The zero-order valence-electron chi connectivity index (χ0n) is 13.3. The van der Waals surface area contributed by atoms with Crippen LogP contribution in [0.3, 0.4) is 0 Å². The van der Waals surface area contributed by atoms with Crippen LogP contribution in [0.25, 0.3) is 0 Å². The predicted octanol–water partition coefficient (Wildman–Crippen LogP) is 1.69. The summed E-state index contributed by atoms with van der Waals surface area (Å²) in [5.41, 5.74) is 1.81. The molecule has 1 aliphatic heterocycles. The zero-order chi connectivity index (χ0) is 15.9. The average Bonchev–Trinajstić information content (AvgIpc) is 2.55. The second-order valence-electron chi connectivity index (χ2n) is 5.80. The third-order valence-electron chi connectivity index (χ3n) is 4.27. The van der Waals surface area contributed by atoms with Crippen molar-refractivity contribution in [2.45, 2.75) is 24.9 Å². The van der Waals surface area contributed by atoms with E-state index in [1.165, 1.54) is 5.56 Å². The Kier molecular flexibility index (Phi) is 6.36. The van der Waals surface area contributed by atoms with Crippen molar-refractivity contribution < 1.29 is 19.4 Å². The number of aldehydes is 1. The first-order valence-corrected chi connectivity index (χ1v) is 7.70. The molecule has 0 bridgehead atoms. The monoisotopic (exact) mass is 307 g/mol. The molecule has 0 unspecified atom stereocenters. The van der Waals surface area contributed by atoms with Crippen molar-refractivity contribution in [3.05, 3.63) is 29.3 Å². The Morgan fingerprint density at radius 2 is 2.09 bits per heavy atom. The minimum atomic E-state index is -0.423. The Morgan fingerprint density at radius 3 is 2.68 bits per heavy atom. The van der Waals surface area contributed by atoms with Crippen LogP contribution >= 0.6 is 0 Å². The smallest absolute Gasteiger partial charge is 0.153 e. The molecule has 1 saturated heterocycles. The maximum atomic E-state index is 11.0. The lowest BCUT2D eigenvalue weighted by Gasteiger charge is -2.33. The number of benzene rings is 1. The van der Waals surface area contributed by atoms with Crippen LogP contribution in [0.2, 0.25) is 0 Å². The molecule has 5 nitrogen and oxygen atoms in total. The van der Waals surface area contributed by atoms with Gasteiger partial charge in [0.1, 0.15) is 5.75 Å². The Morgan fingerprint density at radius 1 is 1.36 bits per heavy atom. The van der Waals surface area contributed by atoms with Crippen molar-refractivity contribution in [3.8, 4) is 5.75 Å². The second kappa shape index (κ2) is 8.27. The van der Waals surface area contributed by atoms with Gasteiger partial charge in [-0.1, -0.05) is 6.07 Å². The zero-order valence-corrected chi connectivity index (χ0v) is 13.3. The lowest BCUT2D eigenvalue weighted by atomic mass is 9.88. The molecular formula is C17H25NO4. The summed E-state index contributed by atoms with van der Waals surface area (Å²) >= 11 is 0. The number of rotatable bonds is 7. The third-order valence-corrected chi connectivity index (χ3v) is 4.27. The summed E-state index contributed by atoms with van der Waals surface area (Å²) in [6.07, 6.45) is 2.49.